The van der Waals surface area contributed by atoms with Crippen LogP contribution in [0.1, 0.15) is 63.1 Å². The summed E-state index contributed by atoms with van der Waals surface area (Å²) in [5, 5.41) is 2.88. The standard InChI is InChI=1S/C27H39N3O4S/c1-7-8-16-28-27(32)22(5)29(18-23-11-9-10-21(4)17-23)26(31)19-30(35(6,33)34)25-14-12-24(13-15-25)20(2)3/h9-15,17,20,22H,7-8,16,18-19H2,1-6H3,(H,28,32)/t22-/m0/s1. The Kier molecular flexibility index (Phi) is 10.3. The number of carbonyl (C=O) groups is 2. The van der Waals surface area contributed by atoms with E-state index in [-0.39, 0.29) is 12.5 Å². The Balaban J connectivity index is 2.35. The van der Waals surface area contributed by atoms with E-state index in [0.29, 0.717) is 18.2 Å². The average Bonchev–Trinajstić information content (AvgIpc) is 2.80. The average molecular weight is 502 g/mol. The highest BCUT2D eigenvalue weighted by Gasteiger charge is 2.30. The summed E-state index contributed by atoms with van der Waals surface area (Å²) in [4.78, 5) is 27.8. The quantitative estimate of drug-likeness (QED) is 0.441. The van der Waals surface area contributed by atoms with Gasteiger partial charge in [-0.05, 0) is 49.4 Å². The van der Waals surface area contributed by atoms with E-state index in [9.17, 15) is 18.0 Å². The molecule has 8 heteroatoms. The predicted molar refractivity (Wildman–Crippen MR) is 142 cm³/mol. The molecule has 1 N–H and O–H groups in total. The minimum atomic E-state index is -3.74. The Morgan fingerprint density at radius 2 is 1.69 bits per heavy atom. The molecule has 7 nitrogen and oxygen atoms in total. The predicted octanol–water partition coefficient (Wildman–Crippen LogP) is 4.22. The van der Waals surface area contributed by atoms with Crippen LogP contribution in [0.25, 0.3) is 0 Å². The largest absolute Gasteiger partial charge is 0.354 e. The second-order valence-corrected chi connectivity index (χ2v) is 11.3. The van der Waals surface area contributed by atoms with E-state index in [0.717, 1.165) is 40.1 Å². The third kappa shape index (κ3) is 8.38. The van der Waals surface area contributed by atoms with Gasteiger partial charge in [-0.25, -0.2) is 8.42 Å². The molecule has 0 saturated heterocycles. The minimum Gasteiger partial charge on any atom is -0.354 e. The van der Waals surface area contributed by atoms with Crippen LogP contribution in [0.5, 0.6) is 0 Å². The molecule has 0 aliphatic heterocycles. The van der Waals surface area contributed by atoms with Crippen molar-refractivity contribution >= 4 is 27.5 Å². The summed E-state index contributed by atoms with van der Waals surface area (Å²) in [6.07, 6.45) is 2.88. The second-order valence-electron chi connectivity index (χ2n) is 9.35. The van der Waals surface area contributed by atoms with Crippen molar-refractivity contribution in [1.29, 1.82) is 0 Å². The summed E-state index contributed by atoms with van der Waals surface area (Å²) in [5.74, 6) is -0.399. The molecule has 0 heterocycles. The van der Waals surface area contributed by atoms with Crippen molar-refractivity contribution in [2.75, 3.05) is 23.7 Å². The Hall–Kier alpha value is -2.87. The molecular weight excluding hydrogens is 462 g/mol. The SMILES string of the molecule is CCCCNC(=O)[C@H](C)N(Cc1cccc(C)c1)C(=O)CN(c1ccc(C(C)C)cc1)S(C)(=O)=O. The molecule has 0 bridgehead atoms. The molecule has 192 valence electrons. The number of nitrogens with zero attached hydrogens (tertiary/aromatic N) is 2. The van der Waals surface area contributed by atoms with E-state index in [1.807, 2.05) is 50.2 Å². The van der Waals surface area contributed by atoms with Crippen LogP contribution in [0.2, 0.25) is 0 Å². The van der Waals surface area contributed by atoms with Crippen molar-refractivity contribution in [2.24, 2.45) is 0 Å². The molecule has 2 amide bonds. The van der Waals surface area contributed by atoms with E-state index < -0.39 is 28.5 Å². The van der Waals surface area contributed by atoms with Gasteiger partial charge in [0, 0.05) is 13.1 Å². The summed E-state index contributed by atoms with van der Waals surface area (Å²) in [6.45, 7) is 10.1. The Morgan fingerprint density at radius 1 is 1.03 bits per heavy atom. The van der Waals surface area contributed by atoms with Gasteiger partial charge in [0.25, 0.3) is 0 Å². The number of hydrogen-bond acceptors (Lipinski definition) is 4. The molecule has 0 aliphatic rings. The monoisotopic (exact) mass is 501 g/mol. The van der Waals surface area contributed by atoms with Gasteiger partial charge < -0.3 is 10.2 Å². The Morgan fingerprint density at radius 3 is 2.23 bits per heavy atom. The second kappa shape index (κ2) is 12.7. The molecule has 0 aromatic heterocycles. The number of benzene rings is 2. The van der Waals surface area contributed by atoms with Crippen LogP contribution in [0.3, 0.4) is 0 Å². The molecular formula is C27H39N3O4S. The van der Waals surface area contributed by atoms with Crippen LogP contribution in [-0.4, -0.2) is 50.5 Å². The van der Waals surface area contributed by atoms with Crippen molar-refractivity contribution < 1.29 is 18.0 Å². The van der Waals surface area contributed by atoms with Gasteiger partial charge in [0.2, 0.25) is 21.8 Å². The molecule has 2 aromatic carbocycles. The lowest BCUT2D eigenvalue weighted by atomic mass is 10.0. The number of carbonyl (C=O) groups excluding carboxylic acids is 2. The maximum Gasteiger partial charge on any atom is 0.244 e. The number of rotatable bonds is 12. The number of sulfonamides is 1. The summed E-state index contributed by atoms with van der Waals surface area (Å²) in [6, 6.07) is 14.1. The van der Waals surface area contributed by atoms with Crippen LogP contribution >= 0.6 is 0 Å². The van der Waals surface area contributed by atoms with Gasteiger partial charge in [0.15, 0.2) is 0 Å². The van der Waals surface area contributed by atoms with Crippen LogP contribution in [-0.2, 0) is 26.2 Å². The van der Waals surface area contributed by atoms with E-state index in [4.69, 9.17) is 0 Å². The molecule has 0 fully saturated rings. The Labute approximate surface area is 210 Å². The minimum absolute atomic E-state index is 0.201. The highest BCUT2D eigenvalue weighted by Crippen LogP contribution is 2.23. The summed E-state index contributed by atoms with van der Waals surface area (Å²) < 4.78 is 26.4. The van der Waals surface area contributed by atoms with Crippen LogP contribution in [0.15, 0.2) is 48.5 Å². The normalized spacial score (nSPS) is 12.3. The topological polar surface area (TPSA) is 86.8 Å². The maximum absolute atomic E-state index is 13.6. The third-order valence-electron chi connectivity index (χ3n) is 5.96. The number of nitrogens with one attached hydrogen (secondary N) is 1. The summed E-state index contributed by atoms with van der Waals surface area (Å²) in [5.41, 5.74) is 3.41. The van der Waals surface area contributed by atoms with E-state index in [1.54, 1.807) is 19.1 Å². The molecule has 0 radical (unpaired) electrons. The lowest BCUT2D eigenvalue weighted by molar-refractivity contribution is -0.139. The van der Waals surface area contributed by atoms with Crippen molar-refractivity contribution in [3.63, 3.8) is 0 Å². The molecule has 2 aromatic rings. The molecule has 0 spiro atoms. The fourth-order valence-corrected chi connectivity index (χ4v) is 4.61. The highest BCUT2D eigenvalue weighted by atomic mass is 32.2. The first kappa shape index (κ1) is 28.4. The lowest BCUT2D eigenvalue weighted by Gasteiger charge is -2.31. The van der Waals surface area contributed by atoms with E-state index >= 15 is 0 Å². The van der Waals surface area contributed by atoms with Crippen molar-refractivity contribution in [3.8, 4) is 0 Å². The molecule has 0 unspecified atom stereocenters. The highest BCUT2D eigenvalue weighted by molar-refractivity contribution is 7.92. The number of hydrogen-bond donors (Lipinski definition) is 1. The van der Waals surface area contributed by atoms with Gasteiger partial charge >= 0.3 is 0 Å². The first-order valence-electron chi connectivity index (χ1n) is 12.1. The van der Waals surface area contributed by atoms with Crippen molar-refractivity contribution in [1.82, 2.24) is 10.2 Å². The number of anilines is 1. The zero-order valence-corrected chi connectivity index (χ0v) is 22.6. The van der Waals surface area contributed by atoms with Crippen LogP contribution in [0, 0.1) is 6.92 Å². The molecule has 0 saturated carbocycles. The summed E-state index contributed by atoms with van der Waals surface area (Å²) in [7, 11) is -3.74. The lowest BCUT2D eigenvalue weighted by Crippen LogP contribution is -2.51. The van der Waals surface area contributed by atoms with E-state index in [1.165, 1.54) is 4.90 Å². The van der Waals surface area contributed by atoms with Gasteiger partial charge in [0.1, 0.15) is 12.6 Å². The van der Waals surface area contributed by atoms with Gasteiger partial charge in [-0.2, -0.15) is 0 Å². The van der Waals surface area contributed by atoms with Gasteiger partial charge in [-0.15, -0.1) is 0 Å². The Bertz CT molecular complexity index is 1100. The van der Waals surface area contributed by atoms with Crippen LogP contribution in [0.4, 0.5) is 5.69 Å². The third-order valence-corrected chi connectivity index (χ3v) is 7.10. The van der Waals surface area contributed by atoms with Gasteiger partial charge in [-0.1, -0.05) is 69.2 Å². The van der Waals surface area contributed by atoms with Crippen molar-refractivity contribution in [3.05, 3.63) is 65.2 Å². The first-order valence-corrected chi connectivity index (χ1v) is 14.0. The summed E-state index contributed by atoms with van der Waals surface area (Å²) >= 11 is 0. The maximum atomic E-state index is 13.6. The zero-order chi connectivity index (χ0) is 26.2. The fraction of sp³-hybridized carbons (Fsp3) is 0.481. The van der Waals surface area contributed by atoms with Gasteiger partial charge in [-0.3, -0.25) is 13.9 Å². The number of aryl methyl sites for hydroxylation is 1. The smallest absolute Gasteiger partial charge is 0.244 e. The van der Waals surface area contributed by atoms with Crippen LogP contribution < -0.4 is 9.62 Å². The first-order chi connectivity index (χ1) is 16.4. The molecule has 1 atom stereocenters. The molecule has 0 aliphatic carbocycles. The van der Waals surface area contributed by atoms with Gasteiger partial charge in [0.05, 0.1) is 11.9 Å². The number of amides is 2. The molecule has 2 rings (SSSR count). The van der Waals surface area contributed by atoms with Crippen molar-refractivity contribution in [2.45, 2.75) is 66.0 Å². The molecule has 35 heavy (non-hydrogen) atoms. The number of unbranched alkanes of at least 4 members (excludes halogenated alkanes) is 1. The fourth-order valence-electron chi connectivity index (χ4n) is 3.77. The zero-order valence-electron chi connectivity index (χ0n) is 21.7. The van der Waals surface area contributed by atoms with E-state index in [2.05, 4.69) is 19.2 Å².